The first-order valence-corrected chi connectivity index (χ1v) is 5.72. The van der Waals surface area contributed by atoms with E-state index in [0.717, 1.165) is 12.8 Å². The highest BCUT2D eigenvalue weighted by atomic mass is 32.1. The molecule has 0 aliphatic carbocycles. The number of carboxylic acids is 1. The first kappa shape index (κ1) is 11.2. The molecule has 0 spiro atoms. The van der Waals surface area contributed by atoms with Gasteiger partial charge >= 0.3 is 5.97 Å². The Kier molecular flexibility index (Phi) is 3.69. The van der Waals surface area contributed by atoms with Crippen LogP contribution in [-0.2, 0) is 10.2 Å². The van der Waals surface area contributed by atoms with Crippen molar-refractivity contribution in [3.8, 4) is 0 Å². The number of hydrogen-bond donors (Lipinski definition) is 1. The van der Waals surface area contributed by atoms with Crippen LogP contribution in [0.5, 0.6) is 0 Å². The van der Waals surface area contributed by atoms with Crippen LogP contribution < -0.4 is 0 Å². The molecule has 1 heterocycles. The van der Waals surface area contributed by atoms with Gasteiger partial charge in [-0.15, -0.1) is 11.3 Å². The Labute approximate surface area is 88.6 Å². The highest BCUT2D eigenvalue weighted by molar-refractivity contribution is 7.10. The lowest BCUT2D eigenvalue weighted by atomic mass is 9.81. The van der Waals surface area contributed by atoms with Crippen molar-refractivity contribution in [1.82, 2.24) is 0 Å². The minimum atomic E-state index is -0.714. The van der Waals surface area contributed by atoms with Crippen LogP contribution in [0.2, 0.25) is 0 Å². The first-order valence-electron chi connectivity index (χ1n) is 4.84. The van der Waals surface area contributed by atoms with Crippen LogP contribution in [0.3, 0.4) is 0 Å². The monoisotopic (exact) mass is 212 g/mol. The molecule has 0 amide bonds. The molecule has 1 atom stereocenters. The number of aliphatic carboxylic acids is 1. The fourth-order valence-electron chi connectivity index (χ4n) is 1.81. The molecule has 0 aliphatic heterocycles. The fourth-order valence-corrected chi connectivity index (χ4v) is 2.73. The maximum absolute atomic E-state index is 10.8. The Bertz CT molecular complexity index is 292. The maximum atomic E-state index is 10.8. The summed E-state index contributed by atoms with van der Waals surface area (Å²) >= 11 is 1.65. The molecule has 0 aromatic carbocycles. The van der Waals surface area contributed by atoms with Crippen LogP contribution in [0.25, 0.3) is 0 Å². The molecule has 78 valence electrons. The van der Waals surface area contributed by atoms with E-state index in [1.165, 1.54) is 4.88 Å². The second kappa shape index (κ2) is 4.60. The van der Waals surface area contributed by atoms with Gasteiger partial charge in [0.25, 0.3) is 0 Å². The van der Waals surface area contributed by atoms with E-state index in [0.29, 0.717) is 0 Å². The van der Waals surface area contributed by atoms with Crippen LogP contribution in [0.1, 0.15) is 38.0 Å². The van der Waals surface area contributed by atoms with Gasteiger partial charge in [0.05, 0.1) is 6.42 Å². The van der Waals surface area contributed by atoms with Gasteiger partial charge < -0.3 is 5.11 Å². The number of rotatable bonds is 5. The van der Waals surface area contributed by atoms with Gasteiger partial charge in [0, 0.05) is 10.3 Å². The van der Waals surface area contributed by atoms with Crippen LogP contribution >= 0.6 is 11.3 Å². The third kappa shape index (κ3) is 2.58. The van der Waals surface area contributed by atoms with Crippen LogP contribution in [0, 0.1) is 0 Å². The Morgan fingerprint density at radius 3 is 2.79 bits per heavy atom. The Hall–Kier alpha value is -0.830. The van der Waals surface area contributed by atoms with Crippen molar-refractivity contribution >= 4 is 17.3 Å². The van der Waals surface area contributed by atoms with Crippen LogP contribution in [-0.4, -0.2) is 11.1 Å². The summed E-state index contributed by atoms with van der Waals surface area (Å²) in [6, 6.07) is 4.01. The van der Waals surface area contributed by atoms with E-state index in [4.69, 9.17) is 5.11 Å². The molecule has 0 aliphatic rings. The highest BCUT2D eigenvalue weighted by Crippen LogP contribution is 2.35. The second-order valence-corrected chi connectivity index (χ2v) is 4.81. The zero-order valence-electron chi connectivity index (χ0n) is 8.62. The minimum Gasteiger partial charge on any atom is -0.481 e. The quantitative estimate of drug-likeness (QED) is 0.813. The third-order valence-electron chi connectivity index (χ3n) is 2.46. The van der Waals surface area contributed by atoms with Crippen molar-refractivity contribution < 1.29 is 9.90 Å². The van der Waals surface area contributed by atoms with Gasteiger partial charge in [0.1, 0.15) is 0 Å². The molecule has 3 heteroatoms. The van der Waals surface area contributed by atoms with Crippen molar-refractivity contribution in [2.45, 2.75) is 38.5 Å². The Balaban J connectivity index is 2.86. The molecule has 2 nitrogen and oxygen atoms in total. The molecule has 1 rings (SSSR count). The molecule has 0 radical (unpaired) electrons. The maximum Gasteiger partial charge on any atom is 0.304 e. The summed E-state index contributed by atoms with van der Waals surface area (Å²) in [6.45, 7) is 4.13. The molecule has 1 aromatic rings. The number of carboxylic acid groups (broad SMARTS) is 1. The van der Waals surface area contributed by atoms with E-state index in [-0.39, 0.29) is 11.8 Å². The molecule has 0 saturated carbocycles. The lowest BCUT2D eigenvalue weighted by Gasteiger charge is -2.26. The van der Waals surface area contributed by atoms with E-state index in [2.05, 4.69) is 6.92 Å². The lowest BCUT2D eigenvalue weighted by Crippen LogP contribution is -2.24. The van der Waals surface area contributed by atoms with Gasteiger partial charge in [0.2, 0.25) is 0 Å². The molecule has 0 bridgehead atoms. The number of thiophene rings is 1. The van der Waals surface area contributed by atoms with E-state index < -0.39 is 5.97 Å². The predicted octanol–water partition coefficient (Wildman–Crippen LogP) is 3.28. The molecule has 1 unspecified atom stereocenters. The third-order valence-corrected chi connectivity index (χ3v) is 3.64. The molecular weight excluding hydrogens is 196 g/mol. The molecular formula is C11H16O2S. The van der Waals surface area contributed by atoms with Crippen molar-refractivity contribution in [2.75, 3.05) is 0 Å². The van der Waals surface area contributed by atoms with Gasteiger partial charge in [-0.05, 0) is 17.9 Å². The summed E-state index contributed by atoms with van der Waals surface area (Å²) in [7, 11) is 0. The topological polar surface area (TPSA) is 37.3 Å². The summed E-state index contributed by atoms with van der Waals surface area (Å²) in [4.78, 5) is 12.0. The van der Waals surface area contributed by atoms with Crippen LogP contribution in [0.4, 0.5) is 0 Å². The number of carbonyl (C=O) groups is 1. The fraction of sp³-hybridized carbons (Fsp3) is 0.545. The van der Waals surface area contributed by atoms with E-state index in [9.17, 15) is 4.79 Å². The first-order chi connectivity index (χ1) is 6.58. The largest absolute Gasteiger partial charge is 0.481 e. The van der Waals surface area contributed by atoms with Gasteiger partial charge in [-0.25, -0.2) is 0 Å². The van der Waals surface area contributed by atoms with Crippen molar-refractivity contribution in [2.24, 2.45) is 0 Å². The second-order valence-electron chi connectivity index (χ2n) is 3.86. The van der Waals surface area contributed by atoms with Gasteiger partial charge in [-0.1, -0.05) is 26.3 Å². The van der Waals surface area contributed by atoms with Gasteiger partial charge in [-0.2, -0.15) is 0 Å². The van der Waals surface area contributed by atoms with E-state index >= 15 is 0 Å². The van der Waals surface area contributed by atoms with Crippen LogP contribution in [0.15, 0.2) is 17.5 Å². The smallest absolute Gasteiger partial charge is 0.304 e. The number of hydrogen-bond acceptors (Lipinski definition) is 2. The highest BCUT2D eigenvalue weighted by Gasteiger charge is 2.29. The molecule has 0 fully saturated rings. The summed E-state index contributed by atoms with van der Waals surface area (Å²) in [5.74, 6) is -0.714. The lowest BCUT2D eigenvalue weighted by molar-refractivity contribution is -0.138. The summed E-state index contributed by atoms with van der Waals surface area (Å²) < 4.78 is 0. The Morgan fingerprint density at radius 2 is 2.36 bits per heavy atom. The summed E-state index contributed by atoms with van der Waals surface area (Å²) in [6.07, 6.45) is 2.17. The molecule has 0 saturated heterocycles. The molecule has 1 N–H and O–H groups in total. The van der Waals surface area contributed by atoms with Gasteiger partial charge in [-0.3, -0.25) is 4.79 Å². The average molecular weight is 212 g/mol. The SMILES string of the molecule is CCCC(C)(CC(=O)O)c1cccs1. The zero-order chi connectivity index (χ0) is 10.6. The summed E-state index contributed by atoms with van der Waals surface area (Å²) in [5, 5.41) is 10.9. The molecule has 1 aromatic heterocycles. The van der Waals surface area contributed by atoms with Crippen molar-refractivity contribution in [3.63, 3.8) is 0 Å². The van der Waals surface area contributed by atoms with E-state index in [1.807, 2.05) is 24.4 Å². The predicted molar refractivity (Wildman–Crippen MR) is 58.8 cm³/mol. The Morgan fingerprint density at radius 1 is 1.64 bits per heavy atom. The minimum absolute atomic E-state index is 0.186. The standard InChI is InChI=1S/C11H16O2S/c1-3-6-11(2,8-10(12)13)9-5-4-7-14-9/h4-5,7H,3,6,8H2,1-2H3,(H,12,13). The van der Waals surface area contributed by atoms with Crippen molar-refractivity contribution in [1.29, 1.82) is 0 Å². The molecule has 14 heavy (non-hydrogen) atoms. The zero-order valence-corrected chi connectivity index (χ0v) is 9.43. The normalized spacial score (nSPS) is 15.0. The summed E-state index contributed by atoms with van der Waals surface area (Å²) in [5.41, 5.74) is -0.186. The van der Waals surface area contributed by atoms with Gasteiger partial charge in [0.15, 0.2) is 0 Å². The van der Waals surface area contributed by atoms with E-state index in [1.54, 1.807) is 11.3 Å². The average Bonchev–Trinajstić information content (AvgIpc) is 2.54. The van der Waals surface area contributed by atoms with Crippen molar-refractivity contribution in [3.05, 3.63) is 22.4 Å².